The van der Waals surface area contributed by atoms with E-state index in [1.165, 1.54) is 25.7 Å². The van der Waals surface area contributed by atoms with Gasteiger partial charge in [-0.1, -0.05) is 107 Å². The lowest BCUT2D eigenvalue weighted by atomic mass is 9.80. The maximum atomic E-state index is 12.8. The van der Waals surface area contributed by atoms with E-state index in [-0.39, 0.29) is 17.6 Å². The molecule has 3 N–H and O–H groups in total. The van der Waals surface area contributed by atoms with Crippen LogP contribution in [0.1, 0.15) is 79.8 Å². The molecule has 6 heteroatoms. The average Bonchev–Trinajstić information content (AvgIpc) is 3.50. The third-order valence-corrected chi connectivity index (χ3v) is 8.13. The first-order valence-electron chi connectivity index (χ1n) is 13.8. The van der Waals surface area contributed by atoms with Gasteiger partial charge in [0.25, 0.3) is 0 Å². The summed E-state index contributed by atoms with van der Waals surface area (Å²) in [6, 6.07) is 21.8. The number of carbonyl (C=O) groups excluding carboxylic acids is 1. The summed E-state index contributed by atoms with van der Waals surface area (Å²) >= 11 is 1.55. The minimum Gasteiger partial charge on any atom is -0.480 e. The van der Waals surface area contributed by atoms with Gasteiger partial charge in [-0.3, -0.25) is 14.9 Å². The molecular weight excluding hydrogens is 492 g/mol. The Kier molecular flexibility index (Phi) is 12.2. The number of nitrogens with one attached hydrogen (secondary N) is 2. The van der Waals surface area contributed by atoms with E-state index in [0.29, 0.717) is 6.54 Å². The first-order chi connectivity index (χ1) is 18.5. The van der Waals surface area contributed by atoms with Crippen molar-refractivity contribution in [2.45, 2.75) is 63.8 Å². The number of piperazine rings is 1. The zero-order chi connectivity index (χ0) is 27.2. The second kappa shape index (κ2) is 15.6. The number of hydrogen-bond acceptors (Lipinski definition) is 5. The summed E-state index contributed by atoms with van der Waals surface area (Å²) in [5.41, 5.74) is 2.10. The number of rotatable bonds is 12. The second-order valence-electron chi connectivity index (χ2n) is 10.1. The van der Waals surface area contributed by atoms with Crippen LogP contribution in [0, 0.1) is 5.92 Å². The van der Waals surface area contributed by atoms with Crippen molar-refractivity contribution in [3.63, 3.8) is 0 Å². The van der Waals surface area contributed by atoms with Gasteiger partial charge in [-0.05, 0) is 34.9 Å². The highest BCUT2D eigenvalue weighted by Gasteiger charge is 2.44. The number of thiophene rings is 1. The third-order valence-electron chi connectivity index (χ3n) is 7.44. The number of carboxylic acids is 1. The van der Waals surface area contributed by atoms with Gasteiger partial charge < -0.3 is 10.4 Å². The van der Waals surface area contributed by atoms with Gasteiger partial charge in [0, 0.05) is 30.6 Å². The molecule has 2 unspecified atom stereocenters. The number of hydrogen-bond donors (Lipinski definition) is 3. The van der Waals surface area contributed by atoms with Crippen molar-refractivity contribution in [1.29, 1.82) is 0 Å². The summed E-state index contributed by atoms with van der Waals surface area (Å²) in [6.45, 7) is 6.41. The van der Waals surface area contributed by atoms with Crippen LogP contribution in [0.4, 0.5) is 0 Å². The Morgan fingerprint density at radius 3 is 2.05 bits per heavy atom. The molecule has 3 aromatic rings. The number of ketones is 1. The van der Waals surface area contributed by atoms with Crippen molar-refractivity contribution in [2.75, 3.05) is 19.6 Å². The van der Waals surface area contributed by atoms with E-state index in [1.54, 1.807) is 11.3 Å². The molecule has 38 heavy (non-hydrogen) atoms. The summed E-state index contributed by atoms with van der Waals surface area (Å²) in [7, 11) is 0. The number of carbonyl (C=O) groups is 2. The lowest BCUT2D eigenvalue weighted by Crippen LogP contribution is -2.66. The molecule has 204 valence electrons. The molecule has 2 heterocycles. The molecule has 0 aliphatic carbocycles. The Morgan fingerprint density at radius 2 is 1.55 bits per heavy atom. The SMILES string of the molecule is CCCCCCCC(C)C1(C(=O)O)CNCCN1.O=C(c1ccsc1)C(c1ccccc1)c1ccccc1. The zero-order valence-electron chi connectivity index (χ0n) is 22.7. The summed E-state index contributed by atoms with van der Waals surface area (Å²) in [6.07, 6.45) is 7.16. The number of aliphatic carboxylic acids is 1. The maximum Gasteiger partial charge on any atom is 0.325 e. The fraction of sp³-hybridized carbons (Fsp3) is 0.438. The molecule has 0 spiro atoms. The van der Waals surface area contributed by atoms with Gasteiger partial charge in [0.05, 0.1) is 5.92 Å². The lowest BCUT2D eigenvalue weighted by Gasteiger charge is -2.39. The van der Waals surface area contributed by atoms with Crippen LogP contribution in [0.2, 0.25) is 0 Å². The fourth-order valence-corrected chi connectivity index (χ4v) is 5.74. The first kappa shape index (κ1) is 29.8. The number of benzene rings is 2. The normalized spacial score (nSPS) is 17.9. The van der Waals surface area contributed by atoms with E-state index in [1.807, 2.05) is 77.5 Å². The van der Waals surface area contributed by atoms with Crippen LogP contribution < -0.4 is 10.6 Å². The predicted octanol–water partition coefficient (Wildman–Crippen LogP) is 6.76. The Hall–Kier alpha value is -2.80. The van der Waals surface area contributed by atoms with Gasteiger partial charge in [-0.15, -0.1) is 0 Å². The molecule has 2 atom stereocenters. The molecule has 5 nitrogen and oxygen atoms in total. The van der Waals surface area contributed by atoms with E-state index < -0.39 is 11.5 Å². The molecule has 2 aromatic carbocycles. The van der Waals surface area contributed by atoms with E-state index in [9.17, 15) is 14.7 Å². The van der Waals surface area contributed by atoms with Crippen LogP contribution in [-0.2, 0) is 4.79 Å². The van der Waals surface area contributed by atoms with E-state index in [0.717, 1.165) is 42.6 Å². The highest BCUT2D eigenvalue weighted by atomic mass is 32.1. The molecule has 0 amide bonds. The maximum absolute atomic E-state index is 12.8. The molecular formula is C32H42N2O3S. The minimum atomic E-state index is -0.761. The zero-order valence-corrected chi connectivity index (χ0v) is 23.5. The van der Waals surface area contributed by atoms with Crippen molar-refractivity contribution in [3.8, 4) is 0 Å². The molecule has 1 fully saturated rings. The third kappa shape index (κ3) is 8.10. The van der Waals surface area contributed by atoms with Crippen LogP contribution in [0.15, 0.2) is 77.5 Å². The highest BCUT2D eigenvalue weighted by molar-refractivity contribution is 7.08. The molecule has 0 radical (unpaired) electrons. The van der Waals surface area contributed by atoms with Crippen molar-refractivity contribution in [2.24, 2.45) is 5.92 Å². The van der Waals surface area contributed by atoms with Gasteiger partial charge in [-0.25, -0.2) is 0 Å². The first-order valence-corrected chi connectivity index (χ1v) is 14.8. The molecule has 0 bridgehead atoms. The lowest BCUT2D eigenvalue weighted by molar-refractivity contribution is -0.148. The number of Topliss-reactive ketones (excluding diaryl/α,β-unsaturated/α-hetero) is 1. The van der Waals surface area contributed by atoms with Gasteiger partial charge in [-0.2, -0.15) is 11.3 Å². The molecule has 1 saturated heterocycles. The average molecular weight is 535 g/mol. The summed E-state index contributed by atoms with van der Waals surface area (Å²) in [5.74, 6) is -0.615. The van der Waals surface area contributed by atoms with Crippen molar-refractivity contribution >= 4 is 23.1 Å². The monoisotopic (exact) mass is 534 g/mol. The smallest absolute Gasteiger partial charge is 0.325 e. The van der Waals surface area contributed by atoms with Crippen LogP contribution in [0.3, 0.4) is 0 Å². The van der Waals surface area contributed by atoms with Crippen LogP contribution in [0.25, 0.3) is 0 Å². The summed E-state index contributed by atoms with van der Waals surface area (Å²) in [4.78, 5) is 24.4. The van der Waals surface area contributed by atoms with E-state index in [2.05, 4.69) is 24.5 Å². The largest absolute Gasteiger partial charge is 0.480 e. The highest BCUT2D eigenvalue weighted by Crippen LogP contribution is 2.29. The Bertz CT molecular complexity index is 1040. The fourth-order valence-electron chi connectivity index (χ4n) is 5.09. The van der Waals surface area contributed by atoms with Crippen molar-refractivity contribution in [3.05, 3.63) is 94.2 Å². The Morgan fingerprint density at radius 1 is 0.921 bits per heavy atom. The molecule has 1 aliphatic rings. The topological polar surface area (TPSA) is 78.4 Å². The summed E-state index contributed by atoms with van der Waals surface area (Å²) < 4.78 is 0. The minimum absolute atomic E-state index is 0.156. The van der Waals surface area contributed by atoms with Crippen LogP contribution in [-0.4, -0.2) is 42.0 Å². The quantitative estimate of drug-likeness (QED) is 0.177. The molecule has 1 aromatic heterocycles. The molecule has 1 aliphatic heterocycles. The van der Waals surface area contributed by atoms with Gasteiger partial charge >= 0.3 is 5.97 Å². The van der Waals surface area contributed by atoms with Gasteiger partial charge in [0.2, 0.25) is 0 Å². The van der Waals surface area contributed by atoms with Crippen molar-refractivity contribution < 1.29 is 14.7 Å². The second-order valence-corrected chi connectivity index (χ2v) is 10.9. The van der Waals surface area contributed by atoms with E-state index >= 15 is 0 Å². The van der Waals surface area contributed by atoms with Crippen LogP contribution >= 0.6 is 11.3 Å². The molecule has 0 saturated carbocycles. The Labute approximate surface area is 231 Å². The number of carboxylic acid groups (broad SMARTS) is 1. The van der Waals surface area contributed by atoms with Gasteiger partial charge in [0.15, 0.2) is 5.78 Å². The summed E-state index contributed by atoms with van der Waals surface area (Å²) in [5, 5.41) is 19.8. The van der Waals surface area contributed by atoms with Crippen LogP contribution in [0.5, 0.6) is 0 Å². The standard InChI is InChI=1S/C18H14OS.C14H28N2O2/c19-18(16-11-12-20-13-16)17(14-7-3-1-4-8-14)15-9-5-2-6-10-15;1-3-4-5-6-7-8-12(2)14(13(17)18)11-15-9-10-16-14/h1-13,17H;12,15-16H,3-11H2,1-2H3,(H,17,18). The van der Waals surface area contributed by atoms with Crippen molar-refractivity contribution in [1.82, 2.24) is 10.6 Å². The predicted molar refractivity (Wildman–Crippen MR) is 157 cm³/mol. The van der Waals surface area contributed by atoms with Gasteiger partial charge in [0.1, 0.15) is 5.54 Å². The number of unbranched alkanes of at least 4 members (excludes halogenated alkanes) is 4. The van der Waals surface area contributed by atoms with E-state index in [4.69, 9.17) is 0 Å². The Balaban J connectivity index is 0.000000212. The molecule has 4 rings (SSSR count).